The van der Waals surface area contributed by atoms with Crippen molar-refractivity contribution in [2.45, 2.75) is 26.8 Å². The van der Waals surface area contributed by atoms with Gasteiger partial charge in [0.2, 0.25) is 0 Å². The molecule has 3 aromatic carbocycles. The molecule has 0 saturated carbocycles. The Balaban J connectivity index is 1.31. The fraction of sp³-hybridized carbons (Fsp3) is 0.133. The average molecular weight is 443 g/mol. The summed E-state index contributed by atoms with van der Waals surface area (Å²) in [5, 5.41) is 1.25. The standard InChI is InChI=1S/C30H26N4/c1-19-8-9-24(16-20(19)2)22-10-12-23(13-11-22)30-32-28-14-15-34(18-29(28)33-30)21(3)26-17-31-27-7-5-4-6-25(26)27/h4-18,21,31H,1-3H3. The van der Waals surface area contributed by atoms with Crippen molar-refractivity contribution in [3.63, 3.8) is 0 Å². The molecular formula is C30H26N4. The highest BCUT2D eigenvalue weighted by Gasteiger charge is 2.17. The average Bonchev–Trinajstić information content (AvgIpc) is 3.49. The van der Waals surface area contributed by atoms with Crippen LogP contribution in [0.2, 0.25) is 0 Å². The maximum absolute atomic E-state index is 4.86. The Hall–Kier alpha value is -4.18. The highest BCUT2D eigenvalue weighted by atomic mass is 15.0. The number of imidazole rings is 1. The predicted octanol–water partition coefficient (Wildman–Crippen LogP) is 7.42. The lowest BCUT2D eigenvalue weighted by molar-refractivity contribution is 0.639. The summed E-state index contributed by atoms with van der Waals surface area (Å²) < 4.78 is 2.21. The zero-order valence-corrected chi connectivity index (χ0v) is 19.6. The number of aryl methyl sites for hydroxylation is 2. The summed E-state index contributed by atoms with van der Waals surface area (Å²) in [6.45, 7) is 6.51. The highest BCUT2D eigenvalue weighted by molar-refractivity contribution is 5.83. The Morgan fingerprint density at radius 1 is 0.765 bits per heavy atom. The van der Waals surface area contributed by atoms with Crippen molar-refractivity contribution in [1.29, 1.82) is 0 Å². The van der Waals surface area contributed by atoms with E-state index >= 15 is 0 Å². The number of fused-ring (bicyclic) bond motifs is 2. The molecule has 0 aliphatic carbocycles. The fourth-order valence-electron chi connectivity index (χ4n) is 4.63. The molecule has 0 radical (unpaired) electrons. The molecule has 4 aromatic rings. The van der Waals surface area contributed by atoms with Crippen LogP contribution in [0.1, 0.15) is 29.7 Å². The molecule has 0 fully saturated rings. The summed E-state index contributed by atoms with van der Waals surface area (Å²) in [6.07, 6.45) is 6.30. The van der Waals surface area contributed by atoms with Gasteiger partial charge in [-0.15, -0.1) is 0 Å². The number of pyridine rings is 1. The molecule has 0 bridgehead atoms. The molecule has 0 spiro atoms. The summed E-state index contributed by atoms with van der Waals surface area (Å²) in [7, 11) is 0. The topological polar surface area (TPSA) is 46.5 Å². The first-order valence-corrected chi connectivity index (χ1v) is 11.7. The van der Waals surface area contributed by atoms with E-state index in [1.165, 1.54) is 33.2 Å². The number of nitrogens with zero attached hydrogens (tertiary/aromatic N) is 3. The summed E-state index contributed by atoms with van der Waals surface area (Å²) in [4.78, 5) is 13.0. The maximum atomic E-state index is 4.86. The quantitative estimate of drug-likeness (QED) is 0.309. The monoisotopic (exact) mass is 442 g/mol. The molecule has 1 aromatic heterocycles. The van der Waals surface area contributed by atoms with Crippen LogP contribution in [0.5, 0.6) is 0 Å². The Labute approximate surface area is 199 Å². The van der Waals surface area contributed by atoms with Crippen molar-refractivity contribution in [3.8, 4) is 33.9 Å². The van der Waals surface area contributed by atoms with Gasteiger partial charge in [-0.2, -0.15) is 0 Å². The van der Waals surface area contributed by atoms with Gasteiger partial charge in [0.15, 0.2) is 5.82 Å². The number of H-pyrrole nitrogens is 1. The number of aromatic amines is 1. The maximum Gasteiger partial charge on any atom is 0.160 e. The molecule has 0 saturated heterocycles. The van der Waals surface area contributed by atoms with Gasteiger partial charge in [-0.3, -0.25) is 0 Å². The second kappa shape index (κ2) is 7.99. The van der Waals surface area contributed by atoms with Gasteiger partial charge < -0.3 is 9.55 Å². The fourth-order valence-corrected chi connectivity index (χ4v) is 4.63. The molecule has 2 aliphatic rings. The molecule has 4 nitrogen and oxygen atoms in total. The lowest BCUT2D eigenvalue weighted by atomic mass is 9.99. The minimum absolute atomic E-state index is 0.179. The Bertz CT molecular complexity index is 1590. The van der Waals surface area contributed by atoms with Gasteiger partial charge in [-0.05, 0) is 60.7 Å². The van der Waals surface area contributed by atoms with Gasteiger partial charge in [-0.1, -0.05) is 60.7 Å². The molecule has 1 N–H and O–H groups in total. The van der Waals surface area contributed by atoms with Crippen molar-refractivity contribution in [2.24, 2.45) is 0 Å². The van der Waals surface area contributed by atoms with Crippen molar-refractivity contribution >= 4 is 10.9 Å². The zero-order chi connectivity index (χ0) is 23.2. The lowest BCUT2D eigenvalue weighted by Gasteiger charge is -2.16. The number of nitrogens with one attached hydrogen (secondary N) is 1. The van der Waals surface area contributed by atoms with Crippen molar-refractivity contribution in [2.75, 3.05) is 0 Å². The van der Waals surface area contributed by atoms with E-state index in [0.29, 0.717) is 0 Å². The minimum Gasteiger partial charge on any atom is -0.361 e. The SMILES string of the molecule is Cc1ccc(-c2ccc(-c3nc4ccn(C(C)c5c[nH]c6ccccc56)cc-4n3)cc2)cc1C. The number of hydrogen-bond acceptors (Lipinski definition) is 2. The van der Waals surface area contributed by atoms with Gasteiger partial charge in [0, 0.05) is 35.1 Å². The van der Waals surface area contributed by atoms with E-state index in [1.54, 1.807) is 0 Å². The van der Waals surface area contributed by atoms with Crippen LogP contribution in [0.3, 0.4) is 0 Å². The van der Waals surface area contributed by atoms with E-state index in [-0.39, 0.29) is 6.04 Å². The molecule has 1 unspecified atom stereocenters. The Morgan fingerprint density at radius 2 is 1.50 bits per heavy atom. The Kier molecular flexibility index (Phi) is 4.80. The number of hydrogen-bond donors (Lipinski definition) is 1. The number of aromatic nitrogens is 4. The molecule has 34 heavy (non-hydrogen) atoms. The van der Waals surface area contributed by atoms with Gasteiger partial charge in [0.25, 0.3) is 0 Å². The van der Waals surface area contributed by atoms with Crippen LogP contribution in [0, 0.1) is 13.8 Å². The zero-order valence-electron chi connectivity index (χ0n) is 19.6. The van der Waals surface area contributed by atoms with E-state index in [4.69, 9.17) is 9.97 Å². The van der Waals surface area contributed by atoms with Gasteiger partial charge >= 0.3 is 0 Å². The number of para-hydroxylation sites is 1. The van der Waals surface area contributed by atoms with Crippen molar-refractivity contribution < 1.29 is 0 Å². The van der Waals surface area contributed by atoms with Gasteiger partial charge in [-0.25, -0.2) is 9.97 Å². The molecule has 166 valence electrons. The summed E-state index contributed by atoms with van der Waals surface area (Å²) >= 11 is 0. The molecule has 2 aliphatic heterocycles. The second-order valence-corrected chi connectivity index (χ2v) is 9.05. The van der Waals surface area contributed by atoms with Gasteiger partial charge in [0.05, 0.1) is 11.7 Å². The molecule has 6 rings (SSSR count). The third kappa shape index (κ3) is 3.48. The molecule has 1 atom stereocenters. The predicted molar refractivity (Wildman–Crippen MR) is 139 cm³/mol. The molecule has 4 heteroatoms. The summed E-state index contributed by atoms with van der Waals surface area (Å²) in [5.74, 6) is 0.763. The van der Waals surface area contributed by atoms with E-state index in [9.17, 15) is 0 Å². The highest BCUT2D eigenvalue weighted by Crippen LogP contribution is 2.31. The third-order valence-electron chi connectivity index (χ3n) is 6.89. The summed E-state index contributed by atoms with van der Waals surface area (Å²) in [5.41, 5.74) is 10.3. The third-order valence-corrected chi connectivity index (χ3v) is 6.89. The van der Waals surface area contributed by atoms with Crippen LogP contribution in [-0.4, -0.2) is 19.5 Å². The number of rotatable bonds is 4. The van der Waals surface area contributed by atoms with Crippen LogP contribution >= 0.6 is 0 Å². The molecule has 3 heterocycles. The van der Waals surface area contributed by atoms with Crippen LogP contribution in [0.25, 0.3) is 44.8 Å². The molecule has 0 amide bonds. The van der Waals surface area contributed by atoms with E-state index in [1.807, 2.05) is 0 Å². The normalized spacial score (nSPS) is 12.4. The van der Waals surface area contributed by atoms with Gasteiger partial charge in [0.1, 0.15) is 5.69 Å². The second-order valence-electron chi connectivity index (χ2n) is 9.05. The smallest absolute Gasteiger partial charge is 0.160 e. The van der Waals surface area contributed by atoms with Crippen LogP contribution in [-0.2, 0) is 0 Å². The van der Waals surface area contributed by atoms with Crippen LogP contribution in [0.15, 0.2) is 91.4 Å². The van der Waals surface area contributed by atoms with Crippen molar-refractivity contribution in [1.82, 2.24) is 19.5 Å². The first-order valence-electron chi connectivity index (χ1n) is 11.7. The van der Waals surface area contributed by atoms with Crippen LogP contribution in [0.4, 0.5) is 0 Å². The number of benzene rings is 3. The summed E-state index contributed by atoms with van der Waals surface area (Å²) in [6, 6.07) is 25.8. The first-order chi connectivity index (χ1) is 16.6. The van der Waals surface area contributed by atoms with Crippen LogP contribution < -0.4 is 0 Å². The lowest BCUT2D eigenvalue weighted by Crippen LogP contribution is -2.06. The molecular weight excluding hydrogens is 416 g/mol. The van der Waals surface area contributed by atoms with E-state index in [0.717, 1.165) is 28.3 Å². The first kappa shape index (κ1) is 20.4. The van der Waals surface area contributed by atoms with Crippen molar-refractivity contribution in [3.05, 3.63) is 108 Å². The van der Waals surface area contributed by atoms with E-state index in [2.05, 4.69) is 122 Å². The Morgan fingerprint density at radius 3 is 2.32 bits per heavy atom. The van der Waals surface area contributed by atoms with E-state index < -0.39 is 0 Å². The minimum atomic E-state index is 0.179. The largest absolute Gasteiger partial charge is 0.361 e.